The number of carbonyl (C=O) groups is 1. The van der Waals surface area contributed by atoms with Crippen molar-refractivity contribution in [1.82, 2.24) is 0 Å². The molecule has 4 unspecified atom stereocenters. The van der Waals surface area contributed by atoms with Crippen LogP contribution in [0.2, 0.25) is 0 Å². The van der Waals surface area contributed by atoms with E-state index in [1.165, 1.54) is 0 Å². The molecular weight excluding hydrogens is 204 g/mol. The molecular formula is C13H22O3. The van der Waals surface area contributed by atoms with E-state index in [0.29, 0.717) is 11.7 Å². The predicted octanol–water partition coefficient (Wildman–Crippen LogP) is 2.04. The maximum absolute atomic E-state index is 12.4. The molecule has 0 aliphatic carbocycles. The van der Waals surface area contributed by atoms with Crippen LogP contribution in [0.3, 0.4) is 0 Å². The fraction of sp³-hybridized carbons (Fsp3) is 0.923. The Bertz CT molecular complexity index is 258. The van der Waals surface area contributed by atoms with Crippen molar-refractivity contribution in [3.63, 3.8) is 0 Å². The van der Waals surface area contributed by atoms with Crippen LogP contribution in [0.4, 0.5) is 0 Å². The maximum Gasteiger partial charge on any atom is 0.142 e. The Labute approximate surface area is 97.5 Å². The van der Waals surface area contributed by atoms with Crippen LogP contribution in [0.15, 0.2) is 0 Å². The summed E-state index contributed by atoms with van der Waals surface area (Å²) >= 11 is 0. The number of Topliss-reactive ketones (excluding diaryl/α,β-unsaturated/α-hetero) is 1. The quantitative estimate of drug-likeness (QED) is 0.723. The molecule has 16 heavy (non-hydrogen) atoms. The van der Waals surface area contributed by atoms with Gasteiger partial charge in [-0.3, -0.25) is 4.79 Å². The fourth-order valence-corrected chi connectivity index (χ4v) is 3.01. The molecule has 2 fully saturated rings. The van der Waals surface area contributed by atoms with Crippen LogP contribution in [0.1, 0.15) is 33.6 Å². The predicted molar refractivity (Wildman–Crippen MR) is 61.2 cm³/mol. The zero-order valence-corrected chi connectivity index (χ0v) is 10.4. The molecule has 3 nitrogen and oxygen atoms in total. The molecule has 4 atom stereocenters. The summed E-state index contributed by atoms with van der Waals surface area (Å²) in [6.07, 6.45) is 2.08. The van der Waals surface area contributed by atoms with Crippen molar-refractivity contribution in [2.24, 2.45) is 17.8 Å². The summed E-state index contributed by atoms with van der Waals surface area (Å²) in [5, 5.41) is 0. The van der Waals surface area contributed by atoms with Crippen LogP contribution in [0.25, 0.3) is 0 Å². The number of ketones is 1. The molecule has 92 valence electrons. The molecule has 0 bridgehead atoms. The zero-order chi connectivity index (χ0) is 11.7. The van der Waals surface area contributed by atoms with Crippen LogP contribution in [-0.2, 0) is 14.3 Å². The van der Waals surface area contributed by atoms with E-state index < -0.39 is 0 Å². The number of ether oxygens (including phenoxy) is 2. The van der Waals surface area contributed by atoms with E-state index >= 15 is 0 Å². The number of hydrogen-bond acceptors (Lipinski definition) is 3. The first-order valence-corrected chi connectivity index (χ1v) is 6.38. The minimum atomic E-state index is 0.0837. The molecule has 0 radical (unpaired) electrons. The summed E-state index contributed by atoms with van der Waals surface area (Å²) in [6, 6.07) is 0. The van der Waals surface area contributed by atoms with Crippen molar-refractivity contribution >= 4 is 5.78 Å². The lowest BCUT2D eigenvalue weighted by Gasteiger charge is -2.26. The molecule has 3 heteroatoms. The van der Waals surface area contributed by atoms with Crippen molar-refractivity contribution in [2.45, 2.75) is 45.8 Å². The van der Waals surface area contributed by atoms with Crippen molar-refractivity contribution in [3.8, 4) is 0 Å². The molecule has 0 aromatic rings. The van der Waals surface area contributed by atoms with E-state index in [1.54, 1.807) is 0 Å². The molecule has 0 saturated carbocycles. The molecule has 0 N–H and O–H groups in total. The lowest BCUT2D eigenvalue weighted by Crippen LogP contribution is -2.35. The minimum Gasteiger partial charge on any atom is -0.381 e. The summed E-state index contributed by atoms with van der Waals surface area (Å²) < 4.78 is 11.0. The first-order valence-electron chi connectivity index (χ1n) is 6.38. The van der Waals surface area contributed by atoms with Gasteiger partial charge >= 0.3 is 0 Å². The van der Waals surface area contributed by atoms with Crippen LogP contribution < -0.4 is 0 Å². The van der Waals surface area contributed by atoms with Gasteiger partial charge in [-0.2, -0.15) is 0 Å². The Morgan fingerprint density at radius 1 is 1.06 bits per heavy atom. The van der Waals surface area contributed by atoms with Gasteiger partial charge < -0.3 is 9.47 Å². The summed E-state index contributed by atoms with van der Waals surface area (Å²) in [5.74, 6) is 1.06. The molecule has 2 aliphatic heterocycles. The molecule has 2 saturated heterocycles. The topological polar surface area (TPSA) is 35.5 Å². The van der Waals surface area contributed by atoms with Crippen LogP contribution in [0, 0.1) is 17.8 Å². The molecule has 0 amide bonds. The van der Waals surface area contributed by atoms with Crippen molar-refractivity contribution in [2.75, 3.05) is 13.2 Å². The van der Waals surface area contributed by atoms with Gasteiger partial charge in [-0.25, -0.2) is 0 Å². The third kappa shape index (κ3) is 2.16. The first kappa shape index (κ1) is 12.1. The average Bonchev–Trinajstić information content (AvgIpc) is 2.54. The summed E-state index contributed by atoms with van der Waals surface area (Å²) in [6.45, 7) is 7.71. The van der Waals surface area contributed by atoms with Crippen LogP contribution in [0.5, 0.6) is 0 Å². The summed E-state index contributed by atoms with van der Waals surface area (Å²) in [4.78, 5) is 12.4. The number of carbonyl (C=O) groups excluding carboxylic acids is 1. The Hall–Kier alpha value is -0.410. The third-order valence-electron chi connectivity index (χ3n) is 4.19. The Morgan fingerprint density at radius 2 is 1.69 bits per heavy atom. The van der Waals surface area contributed by atoms with E-state index in [2.05, 4.69) is 13.8 Å². The zero-order valence-electron chi connectivity index (χ0n) is 10.4. The Morgan fingerprint density at radius 3 is 2.19 bits per heavy atom. The van der Waals surface area contributed by atoms with E-state index in [4.69, 9.17) is 9.47 Å². The molecule has 2 rings (SSSR count). The molecule has 0 aromatic carbocycles. The Balaban J connectivity index is 2.02. The largest absolute Gasteiger partial charge is 0.381 e. The van der Waals surface area contributed by atoms with E-state index in [-0.39, 0.29) is 24.0 Å². The van der Waals surface area contributed by atoms with Crippen LogP contribution >= 0.6 is 0 Å². The van der Waals surface area contributed by atoms with E-state index in [0.717, 1.165) is 26.1 Å². The van der Waals surface area contributed by atoms with Crippen molar-refractivity contribution < 1.29 is 14.3 Å². The Kier molecular flexibility index (Phi) is 3.65. The minimum absolute atomic E-state index is 0.0837. The highest BCUT2D eigenvalue weighted by molar-refractivity contribution is 5.84. The molecule has 2 heterocycles. The SMILES string of the molecule is CC1OC(C)C(C(=O)C2CCOCC2)C1C. The third-order valence-corrected chi connectivity index (χ3v) is 4.19. The maximum atomic E-state index is 12.4. The van der Waals surface area contributed by atoms with Gasteiger partial charge in [-0.1, -0.05) is 6.92 Å². The van der Waals surface area contributed by atoms with E-state index in [1.807, 2.05) is 6.92 Å². The summed E-state index contributed by atoms with van der Waals surface area (Å²) in [5.41, 5.74) is 0. The second-order valence-corrected chi connectivity index (χ2v) is 5.22. The highest BCUT2D eigenvalue weighted by Gasteiger charge is 2.43. The molecule has 0 aromatic heterocycles. The highest BCUT2D eigenvalue weighted by Crippen LogP contribution is 2.36. The standard InChI is InChI=1S/C13H22O3/c1-8-9(2)16-10(3)12(8)13(14)11-4-6-15-7-5-11/h8-12H,4-7H2,1-3H3. The van der Waals surface area contributed by atoms with Gasteiger partial charge in [0.25, 0.3) is 0 Å². The lowest BCUT2D eigenvalue weighted by atomic mass is 9.79. The lowest BCUT2D eigenvalue weighted by molar-refractivity contribution is -0.131. The smallest absolute Gasteiger partial charge is 0.142 e. The summed E-state index contributed by atoms with van der Waals surface area (Å²) in [7, 11) is 0. The highest BCUT2D eigenvalue weighted by atomic mass is 16.5. The normalized spacial score (nSPS) is 41.2. The van der Waals surface area contributed by atoms with Crippen LogP contribution in [-0.4, -0.2) is 31.2 Å². The second kappa shape index (κ2) is 4.84. The first-order chi connectivity index (χ1) is 7.61. The van der Waals surface area contributed by atoms with Gasteiger partial charge in [0.2, 0.25) is 0 Å². The van der Waals surface area contributed by atoms with E-state index in [9.17, 15) is 4.79 Å². The molecule has 2 aliphatic rings. The second-order valence-electron chi connectivity index (χ2n) is 5.22. The number of rotatable bonds is 2. The number of hydrogen-bond donors (Lipinski definition) is 0. The fourth-order valence-electron chi connectivity index (χ4n) is 3.01. The van der Waals surface area contributed by atoms with Crippen molar-refractivity contribution in [3.05, 3.63) is 0 Å². The van der Waals surface area contributed by atoms with Gasteiger partial charge in [-0.15, -0.1) is 0 Å². The van der Waals surface area contributed by atoms with Gasteiger partial charge in [0.1, 0.15) is 5.78 Å². The van der Waals surface area contributed by atoms with Gasteiger partial charge in [-0.05, 0) is 32.6 Å². The average molecular weight is 226 g/mol. The van der Waals surface area contributed by atoms with Crippen molar-refractivity contribution in [1.29, 1.82) is 0 Å². The van der Waals surface area contributed by atoms with Gasteiger partial charge in [0, 0.05) is 25.0 Å². The molecule has 0 spiro atoms. The monoisotopic (exact) mass is 226 g/mol. The van der Waals surface area contributed by atoms with Gasteiger partial charge in [0.05, 0.1) is 12.2 Å². The van der Waals surface area contributed by atoms with Gasteiger partial charge in [0.15, 0.2) is 0 Å².